The van der Waals surface area contributed by atoms with Gasteiger partial charge in [-0.15, -0.1) is 0 Å². The molecule has 0 radical (unpaired) electrons. The molecule has 0 unspecified atom stereocenters. The van der Waals surface area contributed by atoms with Gasteiger partial charge in [0.15, 0.2) is 5.60 Å². The average molecular weight is 353 g/mol. The molecule has 3 aliphatic rings. The Labute approximate surface area is 147 Å². The van der Waals surface area contributed by atoms with E-state index >= 15 is 0 Å². The molecule has 3 heterocycles. The van der Waals surface area contributed by atoms with Crippen molar-refractivity contribution in [2.75, 3.05) is 19.7 Å². The molecule has 140 valence electrons. The van der Waals surface area contributed by atoms with Crippen molar-refractivity contribution in [2.24, 2.45) is 11.8 Å². The first-order chi connectivity index (χ1) is 11.6. The number of carbonyl (C=O) groups is 2. The summed E-state index contributed by atoms with van der Waals surface area (Å²) in [5.74, 6) is -2.92. The van der Waals surface area contributed by atoms with Crippen LogP contribution in [0.4, 0.5) is 0 Å². The second kappa shape index (κ2) is 6.07. The molecule has 0 bridgehead atoms. The quantitative estimate of drug-likeness (QED) is 0.515. The highest BCUT2D eigenvalue weighted by Gasteiger charge is 2.58. The molecule has 5 atom stereocenters. The van der Waals surface area contributed by atoms with E-state index in [2.05, 4.69) is 4.90 Å². The normalized spacial score (nSPS) is 42.5. The smallest absolute Gasteiger partial charge is 0.341 e. The Bertz CT molecular complexity index is 609. The van der Waals surface area contributed by atoms with Crippen LogP contribution in [0.5, 0.6) is 0 Å². The van der Waals surface area contributed by atoms with Crippen molar-refractivity contribution in [3.8, 4) is 0 Å². The van der Waals surface area contributed by atoms with Crippen LogP contribution in [-0.2, 0) is 19.1 Å². The largest absolute Gasteiger partial charge is 0.460 e. The maximum absolute atomic E-state index is 12.9. The number of rotatable bonds is 1. The number of nitrogens with zero attached hydrogens (tertiary/aromatic N) is 1. The van der Waals surface area contributed by atoms with Gasteiger partial charge in [0.25, 0.3) is 0 Å². The van der Waals surface area contributed by atoms with Gasteiger partial charge in [0, 0.05) is 13.1 Å². The molecule has 25 heavy (non-hydrogen) atoms. The number of esters is 2. The van der Waals surface area contributed by atoms with Crippen molar-refractivity contribution in [3.05, 3.63) is 11.6 Å². The summed E-state index contributed by atoms with van der Waals surface area (Å²) in [4.78, 5) is 27.6. The molecule has 3 rings (SSSR count). The van der Waals surface area contributed by atoms with E-state index in [1.54, 1.807) is 13.8 Å². The van der Waals surface area contributed by atoms with Gasteiger partial charge in [-0.3, -0.25) is 9.69 Å². The molecule has 3 aliphatic heterocycles. The Kier molecular flexibility index (Phi) is 4.46. The third kappa shape index (κ3) is 2.78. The number of ether oxygens (including phenoxy) is 2. The van der Waals surface area contributed by atoms with Gasteiger partial charge in [-0.25, -0.2) is 4.79 Å². The molecule has 2 N–H and O–H groups in total. The Hall–Kier alpha value is -1.44. The number of hydrogen-bond acceptors (Lipinski definition) is 7. The van der Waals surface area contributed by atoms with E-state index in [1.807, 2.05) is 6.08 Å². The topological polar surface area (TPSA) is 96.3 Å². The maximum Gasteiger partial charge on any atom is 0.341 e. The molecule has 0 aromatic rings. The van der Waals surface area contributed by atoms with Crippen LogP contribution in [0, 0.1) is 11.8 Å². The summed E-state index contributed by atoms with van der Waals surface area (Å²) < 4.78 is 11.1. The van der Waals surface area contributed by atoms with Crippen molar-refractivity contribution < 1.29 is 29.3 Å². The fourth-order valence-corrected chi connectivity index (χ4v) is 4.30. The van der Waals surface area contributed by atoms with Gasteiger partial charge >= 0.3 is 11.9 Å². The summed E-state index contributed by atoms with van der Waals surface area (Å²) in [5, 5.41) is 21.7. The first-order valence-electron chi connectivity index (χ1n) is 8.82. The molecule has 0 amide bonds. The van der Waals surface area contributed by atoms with Crippen LogP contribution in [0.15, 0.2) is 11.6 Å². The van der Waals surface area contributed by atoms with Crippen LogP contribution in [-0.4, -0.2) is 70.1 Å². The fraction of sp³-hybridized carbons (Fsp3) is 0.778. The van der Waals surface area contributed by atoms with E-state index in [4.69, 9.17) is 9.47 Å². The molecule has 7 nitrogen and oxygen atoms in total. The van der Waals surface area contributed by atoms with Gasteiger partial charge in [0.2, 0.25) is 0 Å². The second-order valence-electron chi connectivity index (χ2n) is 8.00. The molecule has 2 fully saturated rings. The van der Waals surface area contributed by atoms with Crippen LogP contribution in [0.2, 0.25) is 0 Å². The summed E-state index contributed by atoms with van der Waals surface area (Å²) in [7, 11) is 0. The van der Waals surface area contributed by atoms with Crippen molar-refractivity contribution in [3.63, 3.8) is 0 Å². The monoisotopic (exact) mass is 353 g/mol. The van der Waals surface area contributed by atoms with E-state index < -0.39 is 29.1 Å². The van der Waals surface area contributed by atoms with E-state index in [-0.39, 0.29) is 24.7 Å². The summed E-state index contributed by atoms with van der Waals surface area (Å²) in [6.45, 7) is 7.54. The predicted octanol–water partition coefficient (Wildman–Crippen LogP) is 0.244. The van der Waals surface area contributed by atoms with Gasteiger partial charge < -0.3 is 19.7 Å². The lowest BCUT2D eigenvalue weighted by Crippen LogP contribution is -2.63. The Morgan fingerprint density at radius 1 is 1.28 bits per heavy atom. The Morgan fingerprint density at radius 3 is 2.60 bits per heavy atom. The highest BCUT2D eigenvalue weighted by molar-refractivity contribution is 5.84. The lowest BCUT2D eigenvalue weighted by atomic mass is 9.71. The minimum Gasteiger partial charge on any atom is -0.460 e. The van der Waals surface area contributed by atoms with Crippen LogP contribution < -0.4 is 0 Å². The minimum absolute atomic E-state index is 0.0205. The third-order valence-corrected chi connectivity index (χ3v) is 5.96. The number of aliphatic hydroxyl groups is 2. The van der Waals surface area contributed by atoms with Gasteiger partial charge in [0.1, 0.15) is 18.3 Å². The first kappa shape index (κ1) is 18.4. The highest BCUT2D eigenvalue weighted by atomic mass is 16.6. The average Bonchev–Trinajstić information content (AvgIpc) is 3.06. The zero-order chi connectivity index (χ0) is 18.6. The lowest BCUT2D eigenvalue weighted by molar-refractivity contribution is -0.210. The van der Waals surface area contributed by atoms with Crippen molar-refractivity contribution in [1.82, 2.24) is 4.90 Å². The van der Waals surface area contributed by atoms with Crippen molar-refractivity contribution in [1.29, 1.82) is 0 Å². The zero-order valence-electron chi connectivity index (χ0n) is 15.2. The maximum atomic E-state index is 12.9. The fourth-order valence-electron chi connectivity index (χ4n) is 4.30. The minimum atomic E-state index is -2.24. The van der Waals surface area contributed by atoms with E-state index in [0.29, 0.717) is 6.42 Å². The number of cyclic esters (lactones) is 1. The SMILES string of the molecule is CC(C)[C@H]1C(=O)O[C@H]2CCN3CC=C(COC(=O)[C@@](C)(O)[C@@]1(C)O)[C@H]23. The van der Waals surface area contributed by atoms with Crippen LogP contribution in [0.25, 0.3) is 0 Å². The third-order valence-electron chi connectivity index (χ3n) is 5.96. The lowest BCUT2D eigenvalue weighted by Gasteiger charge is -2.42. The number of hydrogen-bond donors (Lipinski definition) is 2. The van der Waals surface area contributed by atoms with E-state index in [9.17, 15) is 19.8 Å². The standard InChI is InChI=1S/C18H27NO6/c1-10(2)13-15(20)25-12-6-8-19-7-5-11(14(12)19)9-24-16(21)18(4,23)17(13,3)22/h5,10,12-14,22-23H,6-9H2,1-4H3/t12-,13-,14+,17-,18+/m0/s1. The molecule has 0 aromatic heterocycles. The van der Waals surface area contributed by atoms with Crippen LogP contribution in [0.1, 0.15) is 34.1 Å². The summed E-state index contributed by atoms with van der Waals surface area (Å²) in [6, 6.07) is -0.0995. The number of carbonyl (C=O) groups excluding carboxylic acids is 2. The molecular weight excluding hydrogens is 326 g/mol. The van der Waals surface area contributed by atoms with Crippen molar-refractivity contribution >= 4 is 11.9 Å². The van der Waals surface area contributed by atoms with Crippen LogP contribution >= 0.6 is 0 Å². The first-order valence-corrected chi connectivity index (χ1v) is 8.82. The Balaban J connectivity index is 2.02. The molecule has 2 saturated heterocycles. The predicted molar refractivity (Wildman–Crippen MR) is 88.5 cm³/mol. The summed E-state index contributed by atoms with van der Waals surface area (Å²) >= 11 is 0. The van der Waals surface area contributed by atoms with Gasteiger partial charge in [-0.2, -0.15) is 0 Å². The molecule has 0 spiro atoms. The molecule has 0 aromatic carbocycles. The van der Waals surface area contributed by atoms with Gasteiger partial charge in [-0.05, 0) is 31.8 Å². The summed E-state index contributed by atoms with van der Waals surface area (Å²) in [6.07, 6.45) is 2.34. The summed E-state index contributed by atoms with van der Waals surface area (Å²) in [5.41, 5.74) is -3.39. The van der Waals surface area contributed by atoms with Gasteiger partial charge in [-0.1, -0.05) is 19.9 Å². The molecular formula is C18H27NO6. The van der Waals surface area contributed by atoms with E-state index in [1.165, 1.54) is 13.8 Å². The Morgan fingerprint density at radius 2 is 1.96 bits per heavy atom. The van der Waals surface area contributed by atoms with Gasteiger partial charge in [0.05, 0.1) is 12.0 Å². The van der Waals surface area contributed by atoms with Crippen LogP contribution in [0.3, 0.4) is 0 Å². The molecule has 0 aliphatic carbocycles. The second-order valence-corrected chi connectivity index (χ2v) is 8.00. The molecule has 0 saturated carbocycles. The van der Waals surface area contributed by atoms with E-state index in [0.717, 1.165) is 18.7 Å². The van der Waals surface area contributed by atoms with Crippen molar-refractivity contribution in [2.45, 2.75) is 57.5 Å². The highest BCUT2D eigenvalue weighted by Crippen LogP contribution is 2.39. The molecule has 7 heteroatoms. The zero-order valence-corrected chi connectivity index (χ0v) is 15.2.